The van der Waals surface area contributed by atoms with Gasteiger partial charge in [-0.15, -0.1) is 0 Å². The summed E-state index contributed by atoms with van der Waals surface area (Å²) in [7, 11) is 0. The van der Waals surface area contributed by atoms with Crippen LogP contribution in [0.2, 0.25) is 0 Å². The van der Waals surface area contributed by atoms with Gasteiger partial charge in [0.05, 0.1) is 17.4 Å². The Labute approximate surface area is 241 Å². The number of hydrogen-bond acceptors (Lipinski definition) is 9. The molecule has 214 valence electrons. The summed E-state index contributed by atoms with van der Waals surface area (Å²) in [6, 6.07) is 13.1. The number of carbonyl (C=O) groups is 1. The summed E-state index contributed by atoms with van der Waals surface area (Å²) in [5, 5.41) is 23.2. The molecular weight excluding hydrogens is 537 g/mol. The molecule has 12 heteroatoms. The second kappa shape index (κ2) is 11.4. The number of aromatic amines is 1. The first-order valence-electron chi connectivity index (χ1n) is 13.2. The van der Waals surface area contributed by atoms with Gasteiger partial charge in [-0.25, -0.2) is 15.0 Å². The van der Waals surface area contributed by atoms with Crippen molar-refractivity contribution in [3.63, 3.8) is 0 Å². The Bertz CT molecular complexity index is 1730. The third-order valence-electron chi connectivity index (χ3n) is 6.56. The standard InChI is InChI=1S/C30H30FN9O2/c1-16-12-26(37-27-13-24(39-40-27)30(4,5)42)38-28(34-16)20-7-10-23(33-15-20)29(41)36-17(2)19-6-9-22(32-14-19)21-8-11-25(31)35-18(21)3/h6-15,17,42H,1-5H3,(H,36,41)(H2,34,37,38,39,40). The molecule has 0 radical (unpaired) electrons. The molecular formula is C30H30FN9O2. The lowest BCUT2D eigenvalue weighted by molar-refractivity contribution is 0.0738. The van der Waals surface area contributed by atoms with E-state index in [1.807, 2.05) is 26.0 Å². The third kappa shape index (κ3) is 6.44. The van der Waals surface area contributed by atoms with Gasteiger partial charge in [0.25, 0.3) is 5.91 Å². The Morgan fingerprint density at radius 3 is 2.43 bits per heavy atom. The molecule has 1 amide bonds. The highest BCUT2D eigenvalue weighted by atomic mass is 19.1. The van der Waals surface area contributed by atoms with Crippen LogP contribution < -0.4 is 10.6 Å². The predicted octanol–water partition coefficient (Wildman–Crippen LogP) is 4.94. The minimum absolute atomic E-state index is 0.241. The molecule has 0 fully saturated rings. The van der Waals surface area contributed by atoms with E-state index in [0.29, 0.717) is 40.1 Å². The monoisotopic (exact) mass is 567 g/mol. The molecule has 5 heterocycles. The highest BCUT2D eigenvalue weighted by Gasteiger charge is 2.19. The van der Waals surface area contributed by atoms with Crippen LogP contribution in [0.3, 0.4) is 0 Å². The van der Waals surface area contributed by atoms with Crippen LogP contribution in [0.4, 0.5) is 16.0 Å². The van der Waals surface area contributed by atoms with Gasteiger partial charge in [0.2, 0.25) is 5.95 Å². The predicted molar refractivity (Wildman–Crippen MR) is 155 cm³/mol. The van der Waals surface area contributed by atoms with E-state index in [2.05, 4.69) is 45.8 Å². The fraction of sp³-hybridized carbons (Fsp3) is 0.233. The zero-order valence-electron chi connectivity index (χ0n) is 23.8. The molecule has 4 N–H and O–H groups in total. The number of H-pyrrole nitrogens is 1. The van der Waals surface area contributed by atoms with Crippen LogP contribution in [0.25, 0.3) is 22.6 Å². The van der Waals surface area contributed by atoms with Crippen molar-refractivity contribution in [2.75, 3.05) is 5.32 Å². The van der Waals surface area contributed by atoms with Crippen LogP contribution in [0.15, 0.2) is 60.9 Å². The van der Waals surface area contributed by atoms with Crippen molar-refractivity contribution in [2.45, 2.75) is 46.3 Å². The molecule has 0 aliphatic rings. The first-order valence-corrected chi connectivity index (χ1v) is 13.2. The van der Waals surface area contributed by atoms with Gasteiger partial charge in [-0.05, 0) is 70.5 Å². The Morgan fingerprint density at radius 1 is 0.976 bits per heavy atom. The Morgan fingerprint density at radius 2 is 1.79 bits per heavy atom. The SMILES string of the molecule is Cc1cc(Nc2cc(C(C)(C)O)[nH]n2)nc(-c2ccc(C(=O)NC(C)c3ccc(-c4ccc(F)nc4C)nc3)nc2)n1. The maximum atomic E-state index is 13.3. The summed E-state index contributed by atoms with van der Waals surface area (Å²) >= 11 is 0. The molecule has 0 aliphatic carbocycles. The van der Waals surface area contributed by atoms with Crippen molar-refractivity contribution in [3.8, 4) is 22.6 Å². The average molecular weight is 568 g/mol. The summed E-state index contributed by atoms with van der Waals surface area (Å²) in [5.41, 5.74) is 3.87. The van der Waals surface area contributed by atoms with E-state index in [1.165, 1.54) is 6.07 Å². The lowest BCUT2D eigenvalue weighted by Gasteiger charge is -2.14. The summed E-state index contributed by atoms with van der Waals surface area (Å²) in [6.07, 6.45) is 3.23. The molecule has 1 atom stereocenters. The molecule has 0 saturated carbocycles. The molecule has 0 saturated heterocycles. The Hall–Kier alpha value is -5.10. The number of nitrogens with one attached hydrogen (secondary N) is 3. The van der Waals surface area contributed by atoms with E-state index < -0.39 is 11.5 Å². The van der Waals surface area contributed by atoms with E-state index in [9.17, 15) is 14.3 Å². The van der Waals surface area contributed by atoms with Crippen LogP contribution in [0, 0.1) is 19.8 Å². The summed E-state index contributed by atoms with van der Waals surface area (Å²) < 4.78 is 13.3. The van der Waals surface area contributed by atoms with Crippen LogP contribution in [0.5, 0.6) is 0 Å². The largest absolute Gasteiger partial charge is 0.384 e. The number of anilines is 2. The van der Waals surface area contributed by atoms with Crippen molar-refractivity contribution in [3.05, 3.63) is 95.2 Å². The van der Waals surface area contributed by atoms with Crippen molar-refractivity contribution in [1.29, 1.82) is 0 Å². The quantitative estimate of drug-likeness (QED) is 0.191. The molecule has 5 rings (SSSR count). The Kier molecular flexibility index (Phi) is 7.72. The van der Waals surface area contributed by atoms with Crippen LogP contribution in [0.1, 0.15) is 59.9 Å². The maximum absolute atomic E-state index is 13.3. The number of halogens is 1. The first-order chi connectivity index (χ1) is 20.0. The van der Waals surface area contributed by atoms with Gasteiger partial charge < -0.3 is 15.7 Å². The number of aromatic nitrogens is 7. The van der Waals surface area contributed by atoms with E-state index >= 15 is 0 Å². The number of nitrogens with zero attached hydrogens (tertiary/aromatic N) is 6. The highest BCUT2D eigenvalue weighted by molar-refractivity contribution is 5.92. The summed E-state index contributed by atoms with van der Waals surface area (Å²) in [4.78, 5) is 34.6. The van der Waals surface area contributed by atoms with Gasteiger partial charge in [0.1, 0.15) is 17.1 Å². The summed E-state index contributed by atoms with van der Waals surface area (Å²) in [5.74, 6) is 0.577. The van der Waals surface area contributed by atoms with Crippen molar-refractivity contribution in [2.24, 2.45) is 0 Å². The first kappa shape index (κ1) is 28.4. The fourth-order valence-electron chi connectivity index (χ4n) is 4.23. The molecule has 0 aromatic carbocycles. The number of aryl methyl sites for hydroxylation is 2. The second-order valence-electron chi connectivity index (χ2n) is 10.4. The highest BCUT2D eigenvalue weighted by Crippen LogP contribution is 2.24. The number of pyridine rings is 3. The van der Waals surface area contributed by atoms with Gasteiger partial charge in [0.15, 0.2) is 11.6 Å². The van der Waals surface area contributed by atoms with Crippen LogP contribution in [-0.4, -0.2) is 46.1 Å². The molecule has 11 nitrogen and oxygen atoms in total. The molecule has 0 bridgehead atoms. The minimum Gasteiger partial charge on any atom is -0.384 e. The van der Waals surface area contributed by atoms with E-state index in [4.69, 9.17) is 0 Å². The van der Waals surface area contributed by atoms with Crippen LogP contribution >= 0.6 is 0 Å². The fourth-order valence-corrected chi connectivity index (χ4v) is 4.23. The molecule has 42 heavy (non-hydrogen) atoms. The van der Waals surface area contributed by atoms with E-state index in [1.54, 1.807) is 63.5 Å². The van der Waals surface area contributed by atoms with Gasteiger partial charge in [0, 0.05) is 47.0 Å². The topological polar surface area (TPSA) is 154 Å². The minimum atomic E-state index is -1.05. The lowest BCUT2D eigenvalue weighted by Crippen LogP contribution is -2.27. The number of hydrogen-bond donors (Lipinski definition) is 4. The number of rotatable bonds is 8. The van der Waals surface area contributed by atoms with E-state index in [-0.39, 0.29) is 17.6 Å². The lowest BCUT2D eigenvalue weighted by atomic mass is 10.1. The number of aliphatic hydroxyl groups is 1. The normalized spacial score (nSPS) is 12.2. The average Bonchev–Trinajstić information content (AvgIpc) is 3.42. The maximum Gasteiger partial charge on any atom is 0.270 e. The van der Waals surface area contributed by atoms with Gasteiger partial charge in [-0.1, -0.05) is 6.07 Å². The number of amides is 1. The van der Waals surface area contributed by atoms with Crippen molar-refractivity contribution in [1.82, 2.24) is 40.4 Å². The molecule has 1 unspecified atom stereocenters. The molecule has 5 aromatic rings. The van der Waals surface area contributed by atoms with Gasteiger partial charge in [-0.3, -0.25) is 19.9 Å². The Balaban J connectivity index is 1.25. The summed E-state index contributed by atoms with van der Waals surface area (Å²) in [6.45, 7) is 8.76. The van der Waals surface area contributed by atoms with Gasteiger partial charge >= 0.3 is 0 Å². The smallest absolute Gasteiger partial charge is 0.270 e. The molecule has 0 spiro atoms. The number of carbonyl (C=O) groups excluding carboxylic acids is 1. The van der Waals surface area contributed by atoms with E-state index in [0.717, 1.165) is 16.8 Å². The van der Waals surface area contributed by atoms with Crippen molar-refractivity contribution < 1.29 is 14.3 Å². The molecule has 0 aliphatic heterocycles. The van der Waals surface area contributed by atoms with Crippen molar-refractivity contribution >= 4 is 17.5 Å². The zero-order chi connectivity index (χ0) is 30.0. The van der Waals surface area contributed by atoms with Gasteiger partial charge in [-0.2, -0.15) is 9.49 Å². The second-order valence-corrected chi connectivity index (χ2v) is 10.4. The molecule has 5 aromatic heterocycles. The zero-order valence-corrected chi connectivity index (χ0v) is 23.8. The third-order valence-corrected chi connectivity index (χ3v) is 6.56. The van der Waals surface area contributed by atoms with Crippen LogP contribution in [-0.2, 0) is 5.60 Å².